The molecule has 5 aromatic carbocycles. The maximum absolute atomic E-state index is 16.9. The molecular formula is C52H53FN6O6Si. The summed E-state index contributed by atoms with van der Waals surface area (Å²) in [6.07, 6.45) is 2.75. The smallest absolute Gasteiger partial charge is 0.264 e. The second-order valence-corrected chi connectivity index (χ2v) is 21.8. The summed E-state index contributed by atoms with van der Waals surface area (Å²) >= 11 is 0. The summed E-state index contributed by atoms with van der Waals surface area (Å²) in [4.78, 5) is 66.2. The number of amides is 4. The molecule has 338 valence electrons. The summed E-state index contributed by atoms with van der Waals surface area (Å²) in [5, 5.41) is 17.9. The predicted octanol–water partition coefficient (Wildman–Crippen LogP) is 8.74. The molecule has 4 heterocycles. The van der Waals surface area contributed by atoms with E-state index in [0.717, 1.165) is 44.1 Å². The summed E-state index contributed by atoms with van der Waals surface area (Å²) in [6, 6.07) is 37.6. The maximum Gasteiger partial charge on any atom is 0.264 e. The standard InChI is InChI=1S/C52H53FN6O6Si/c1-33-50(66(2,3)53)46(28-49(63)58(22-23-60)31-34-12-5-4-6-13-34)65-52(33)42-27-39(57-48(62)26-37-30-55-44-19-10-8-17-41(37)44)20-21-45(42)59(51(52)64)32-35-14-11-15-38(24-35)56-47(61)25-36-29-54-43-18-9-7-16-40(36)43/h4-21,24,27,29-30,33,46,50,54-55,60H,22-23,25-26,28,31-32H2,1-3H3,(H,56,61)(H,57,62)/t33-,46+,50-,52+/m1/s1. The van der Waals surface area contributed by atoms with Crippen molar-refractivity contribution >= 4 is 70.9 Å². The number of anilines is 3. The minimum Gasteiger partial charge on any atom is -0.395 e. The molecular weight excluding hydrogens is 852 g/mol. The van der Waals surface area contributed by atoms with E-state index < -0.39 is 37.5 Å². The van der Waals surface area contributed by atoms with Gasteiger partial charge in [-0.25, -0.2) is 0 Å². The van der Waals surface area contributed by atoms with Gasteiger partial charge in [0.05, 0.1) is 44.2 Å². The van der Waals surface area contributed by atoms with Crippen LogP contribution >= 0.6 is 0 Å². The number of fused-ring (bicyclic) bond motifs is 4. The highest BCUT2D eigenvalue weighted by Gasteiger charge is 2.67. The van der Waals surface area contributed by atoms with Crippen molar-refractivity contribution in [3.05, 3.63) is 162 Å². The van der Waals surface area contributed by atoms with Crippen LogP contribution in [-0.2, 0) is 55.4 Å². The van der Waals surface area contributed by atoms with Gasteiger partial charge in [-0.15, -0.1) is 0 Å². The highest BCUT2D eigenvalue weighted by atomic mass is 28.4. The number of para-hydroxylation sites is 2. The molecule has 5 N–H and O–H groups in total. The molecule has 1 spiro atoms. The van der Waals surface area contributed by atoms with E-state index in [9.17, 15) is 19.5 Å². The van der Waals surface area contributed by atoms with Crippen LogP contribution in [0.3, 0.4) is 0 Å². The number of H-pyrrole nitrogens is 2. The normalized spacial score (nSPS) is 19.1. The molecule has 2 aliphatic rings. The molecule has 4 amide bonds. The summed E-state index contributed by atoms with van der Waals surface area (Å²) < 4.78 is 23.9. The lowest BCUT2D eigenvalue weighted by atomic mass is 9.82. The van der Waals surface area contributed by atoms with Crippen LogP contribution < -0.4 is 15.5 Å². The van der Waals surface area contributed by atoms with Crippen molar-refractivity contribution in [1.29, 1.82) is 0 Å². The number of nitrogens with zero attached hydrogens (tertiary/aromatic N) is 2. The molecule has 4 atom stereocenters. The van der Waals surface area contributed by atoms with Crippen LogP contribution in [0.1, 0.15) is 41.2 Å². The number of hydrogen-bond donors (Lipinski definition) is 5. The fourth-order valence-corrected chi connectivity index (χ4v) is 12.7. The first kappa shape index (κ1) is 44.3. The number of carbonyl (C=O) groups excluding carboxylic acids is 4. The molecule has 0 radical (unpaired) electrons. The van der Waals surface area contributed by atoms with Crippen molar-refractivity contribution in [2.24, 2.45) is 5.92 Å². The zero-order chi connectivity index (χ0) is 46.2. The Labute approximate surface area is 383 Å². The molecule has 1 saturated heterocycles. The van der Waals surface area contributed by atoms with E-state index in [0.29, 0.717) is 22.6 Å². The average molecular weight is 905 g/mol. The van der Waals surface area contributed by atoms with Gasteiger partial charge >= 0.3 is 0 Å². The van der Waals surface area contributed by atoms with E-state index in [4.69, 9.17) is 4.74 Å². The maximum atomic E-state index is 16.9. The van der Waals surface area contributed by atoms with E-state index in [1.165, 1.54) is 0 Å². The second kappa shape index (κ2) is 18.2. The molecule has 7 aromatic rings. The summed E-state index contributed by atoms with van der Waals surface area (Å²) in [6.45, 7) is 5.14. The van der Waals surface area contributed by atoms with Crippen LogP contribution in [0.2, 0.25) is 18.6 Å². The van der Waals surface area contributed by atoms with Crippen LogP contribution in [0.25, 0.3) is 21.8 Å². The number of aromatic nitrogens is 2. The number of aliphatic hydroxyl groups is 1. The molecule has 0 bridgehead atoms. The lowest BCUT2D eigenvalue weighted by molar-refractivity contribution is -0.150. The molecule has 2 aromatic heterocycles. The molecule has 66 heavy (non-hydrogen) atoms. The number of aliphatic hydroxyl groups excluding tert-OH is 1. The van der Waals surface area contributed by atoms with E-state index in [2.05, 4.69) is 20.6 Å². The Morgan fingerprint density at radius 1 is 0.788 bits per heavy atom. The van der Waals surface area contributed by atoms with Crippen LogP contribution in [0.4, 0.5) is 21.2 Å². The van der Waals surface area contributed by atoms with Crippen LogP contribution in [0.5, 0.6) is 0 Å². The lowest BCUT2D eigenvalue weighted by Crippen LogP contribution is -2.45. The fourth-order valence-electron chi connectivity index (χ4n) is 10.2. The number of aromatic amines is 2. The Morgan fingerprint density at radius 2 is 1.38 bits per heavy atom. The number of hydrogen-bond acceptors (Lipinski definition) is 6. The van der Waals surface area contributed by atoms with Crippen molar-refractivity contribution in [3.63, 3.8) is 0 Å². The highest BCUT2D eigenvalue weighted by molar-refractivity contribution is 6.72. The summed E-state index contributed by atoms with van der Waals surface area (Å²) in [5.74, 6) is -1.91. The number of carbonyl (C=O) groups is 4. The van der Waals surface area contributed by atoms with E-state index in [1.54, 1.807) is 47.2 Å². The largest absolute Gasteiger partial charge is 0.395 e. The molecule has 2 aliphatic heterocycles. The number of halogens is 1. The predicted molar refractivity (Wildman–Crippen MR) is 257 cm³/mol. The molecule has 1 fully saturated rings. The summed E-state index contributed by atoms with van der Waals surface area (Å²) in [7, 11) is -3.68. The first-order chi connectivity index (χ1) is 31.8. The van der Waals surface area contributed by atoms with Gasteiger partial charge in [0.15, 0.2) is 5.60 Å². The van der Waals surface area contributed by atoms with Crippen molar-refractivity contribution < 1.29 is 33.1 Å². The Morgan fingerprint density at radius 3 is 2.00 bits per heavy atom. The van der Waals surface area contributed by atoms with Crippen LogP contribution in [0, 0.1) is 5.92 Å². The molecule has 0 aliphatic carbocycles. The minimum atomic E-state index is -3.68. The van der Waals surface area contributed by atoms with Crippen molar-refractivity contribution in [1.82, 2.24) is 14.9 Å². The van der Waals surface area contributed by atoms with Crippen molar-refractivity contribution in [3.8, 4) is 0 Å². The minimum absolute atomic E-state index is 0.0714. The third kappa shape index (κ3) is 8.66. The second-order valence-electron chi connectivity index (χ2n) is 18.0. The first-order valence-corrected chi connectivity index (χ1v) is 25.3. The third-order valence-corrected chi connectivity index (χ3v) is 15.6. The van der Waals surface area contributed by atoms with E-state index in [-0.39, 0.29) is 63.2 Å². The van der Waals surface area contributed by atoms with Gasteiger partial charge in [0.2, 0.25) is 26.1 Å². The summed E-state index contributed by atoms with van der Waals surface area (Å²) in [5.41, 5.74) is 4.70. The van der Waals surface area contributed by atoms with Crippen molar-refractivity contribution in [2.45, 2.75) is 69.6 Å². The van der Waals surface area contributed by atoms with Gasteiger partial charge in [-0.05, 0) is 77.8 Å². The van der Waals surface area contributed by atoms with Gasteiger partial charge in [0, 0.05) is 75.7 Å². The lowest BCUT2D eigenvalue weighted by Gasteiger charge is -2.31. The van der Waals surface area contributed by atoms with Crippen molar-refractivity contribution in [2.75, 3.05) is 28.7 Å². The van der Waals surface area contributed by atoms with Crippen LogP contribution in [0.15, 0.2) is 134 Å². The Kier molecular flexibility index (Phi) is 12.2. The Balaban J connectivity index is 1.03. The Hall–Kier alpha value is -6.87. The van der Waals surface area contributed by atoms with Gasteiger partial charge in [-0.2, -0.15) is 0 Å². The van der Waals surface area contributed by atoms with Gasteiger partial charge in [-0.3, -0.25) is 19.2 Å². The average Bonchev–Trinajstić information content (AvgIpc) is 4.03. The molecule has 14 heteroatoms. The first-order valence-electron chi connectivity index (χ1n) is 22.4. The van der Waals surface area contributed by atoms with Gasteiger partial charge in [0.25, 0.3) is 5.91 Å². The highest BCUT2D eigenvalue weighted by Crippen LogP contribution is 2.60. The molecule has 12 nitrogen and oxygen atoms in total. The van der Waals surface area contributed by atoms with E-state index in [1.807, 2.05) is 116 Å². The van der Waals surface area contributed by atoms with Gasteiger partial charge < -0.3 is 44.4 Å². The van der Waals surface area contributed by atoms with Crippen LogP contribution in [-0.4, -0.2) is 71.3 Å². The number of nitrogens with one attached hydrogen (secondary N) is 4. The fraction of sp³-hybridized carbons (Fsp3) is 0.269. The number of ether oxygens (including phenoxy) is 1. The zero-order valence-electron chi connectivity index (χ0n) is 37.1. The molecule has 0 unspecified atom stereocenters. The SMILES string of the molecule is C[C@@H]1[C@@H]([Si](C)(C)F)[C@H](CC(=O)N(CCO)Cc2ccccc2)O[C@@]12C(=O)N(Cc1cccc(NC(=O)Cc3c[nH]c4ccccc34)c1)c1ccc(NC(=O)Cc3c[nH]c4ccccc34)cc12. The van der Waals surface area contributed by atoms with Gasteiger partial charge in [0.1, 0.15) is 0 Å². The quantitative estimate of drug-likeness (QED) is 0.0511. The number of rotatable bonds is 15. The zero-order valence-corrected chi connectivity index (χ0v) is 38.1. The number of benzene rings is 5. The van der Waals surface area contributed by atoms with E-state index >= 15 is 8.90 Å². The Bertz CT molecular complexity index is 2950. The monoisotopic (exact) mass is 904 g/mol. The third-order valence-electron chi connectivity index (χ3n) is 13.2. The molecule has 9 rings (SSSR count). The molecule has 0 saturated carbocycles. The van der Waals surface area contributed by atoms with Gasteiger partial charge in [-0.1, -0.05) is 85.8 Å². The topological polar surface area (TPSA) is 160 Å².